The summed E-state index contributed by atoms with van der Waals surface area (Å²) in [6, 6.07) is 10.4. The minimum atomic E-state index is -0.771. The fourth-order valence-corrected chi connectivity index (χ4v) is 3.14. The van der Waals surface area contributed by atoms with E-state index in [4.69, 9.17) is 28.9 Å². The number of hydrazone groups is 1. The molecule has 0 aliphatic carbocycles. The molecular weight excluding hydrogens is 477 g/mol. The van der Waals surface area contributed by atoms with E-state index < -0.39 is 10.8 Å². The fourth-order valence-electron chi connectivity index (χ4n) is 2.78. The summed E-state index contributed by atoms with van der Waals surface area (Å²) >= 11 is 12.1. The van der Waals surface area contributed by atoms with Gasteiger partial charge in [-0.25, -0.2) is 10.1 Å². The molecule has 13 nitrogen and oxygen atoms in total. The number of nitrogens with two attached hydrogens (primary N) is 1. The monoisotopic (exact) mass is 487 g/mol. The fraction of sp³-hybridized carbons (Fsp3) is 0. The molecule has 0 bridgehead atoms. The molecule has 0 aliphatic rings. The average Bonchev–Trinajstić information content (AvgIpc) is 3.42. The minimum Gasteiger partial charge on any atom is -0.378 e. The first-order valence-corrected chi connectivity index (χ1v) is 9.68. The summed E-state index contributed by atoms with van der Waals surface area (Å²) in [7, 11) is 0. The van der Waals surface area contributed by atoms with E-state index in [0.717, 1.165) is 4.68 Å². The molecular formula is C18H11Cl2N9O4. The van der Waals surface area contributed by atoms with Gasteiger partial charge >= 0.3 is 0 Å². The van der Waals surface area contributed by atoms with Crippen molar-refractivity contribution in [3.8, 4) is 17.1 Å². The summed E-state index contributed by atoms with van der Waals surface area (Å²) in [5.74, 6) is -0.961. The Labute approximate surface area is 193 Å². The van der Waals surface area contributed by atoms with Crippen molar-refractivity contribution >= 4 is 46.8 Å². The van der Waals surface area contributed by atoms with E-state index >= 15 is 0 Å². The Morgan fingerprint density at radius 3 is 2.76 bits per heavy atom. The maximum Gasteiger partial charge on any atom is 0.294 e. The highest BCUT2D eigenvalue weighted by atomic mass is 35.5. The molecule has 0 saturated heterocycles. The van der Waals surface area contributed by atoms with Gasteiger partial charge in [0.15, 0.2) is 5.69 Å². The van der Waals surface area contributed by atoms with Gasteiger partial charge in [-0.3, -0.25) is 14.9 Å². The third kappa shape index (κ3) is 4.35. The number of benzene rings is 2. The number of nitrogens with one attached hydrogen (secondary N) is 1. The van der Waals surface area contributed by atoms with Crippen LogP contribution in [0.2, 0.25) is 10.0 Å². The van der Waals surface area contributed by atoms with Gasteiger partial charge in [0.2, 0.25) is 11.6 Å². The number of anilines is 1. The van der Waals surface area contributed by atoms with E-state index in [-0.39, 0.29) is 39.3 Å². The number of aromatic nitrogens is 5. The second-order valence-electron chi connectivity index (χ2n) is 6.32. The molecule has 2 heterocycles. The Hall–Kier alpha value is -4.36. The summed E-state index contributed by atoms with van der Waals surface area (Å²) in [5.41, 5.74) is 8.37. The summed E-state index contributed by atoms with van der Waals surface area (Å²) < 4.78 is 5.67. The lowest BCUT2D eigenvalue weighted by Gasteiger charge is -2.06. The lowest BCUT2D eigenvalue weighted by atomic mass is 10.1. The third-order valence-corrected chi connectivity index (χ3v) is 5.10. The normalized spacial score (nSPS) is 11.1. The molecule has 0 saturated carbocycles. The van der Waals surface area contributed by atoms with Crippen molar-refractivity contribution < 1.29 is 14.3 Å². The SMILES string of the molecule is Nc1nonc1-n1nnc(C(=O)NN=Cc2cccc(Cl)c2Cl)c1-c1cccc([N+](=O)[O-])c1. The summed E-state index contributed by atoms with van der Waals surface area (Å²) in [6.45, 7) is 0. The van der Waals surface area contributed by atoms with Gasteiger partial charge in [-0.15, -0.1) is 5.10 Å². The largest absolute Gasteiger partial charge is 0.378 e. The number of halogens is 2. The standard InChI is InChI=1S/C18H11Cl2N9O4/c19-12-6-2-4-10(13(12)20)8-22-24-18(30)14-15(9-3-1-5-11(7-9)29(31)32)28(27-23-14)17-16(21)25-33-26-17/h1-8H,(H2,21,25)(H,24,30). The summed E-state index contributed by atoms with van der Waals surface area (Å²) in [6.07, 6.45) is 1.29. The Bertz CT molecular complexity index is 1400. The van der Waals surface area contributed by atoms with Crippen LogP contribution in [0.25, 0.3) is 17.1 Å². The first-order valence-electron chi connectivity index (χ1n) is 8.93. The first-order chi connectivity index (χ1) is 15.9. The van der Waals surface area contributed by atoms with Gasteiger partial charge in [-0.05, 0) is 16.4 Å². The van der Waals surface area contributed by atoms with Crippen molar-refractivity contribution in [3.63, 3.8) is 0 Å². The molecule has 4 aromatic rings. The van der Waals surface area contributed by atoms with E-state index in [9.17, 15) is 14.9 Å². The molecule has 3 N–H and O–H groups in total. The van der Waals surface area contributed by atoms with Gasteiger partial charge < -0.3 is 5.73 Å². The molecule has 33 heavy (non-hydrogen) atoms. The van der Waals surface area contributed by atoms with Gasteiger partial charge in [-0.1, -0.05) is 52.7 Å². The van der Waals surface area contributed by atoms with E-state index in [1.807, 2.05) is 0 Å². The number of nitro groups is 1. The number of rotatable bonds is 6. The Kier molecular flexibility index (Phi) is 5.97. The van der Waals surface area contributed by atoms with E-state index in [1.165, 1.54) is 30.5 Å². The number of hydrogen-bond donors (Lipinski definition) is 2. The molecule has 166 valence electrons. The Morgan fingerprint density at radius 1 is 1.24 bits per heavy atom. The molecule has 2 aromatic heterocycles. The van der Waals surface area contributed by atoms with Crippen molar-refractivity contribution in [3.05, 3.63) is 73.9 Å². The molecule has 15 heteroatoms. The summed E-state index contributed by atoms with van der Waals surface area (Å²) in [5, 5.41) is 30.5. The number of carbonyl (C=O) groups is 1. The summed E-state index contributed by atoms with van der Waals surface area (Å²) in [4.78, 5) is 23.5. The van der Waals surface area contributed by atoms with Crippen molar-refractivity contribution in [1.82, 2.24) is 30.7 Å². The van der Waals surface area contributed by atoms with Crippen LogP contribution in [-0.2, 0) is 0 Å². The number of hydrogen-bond acceptors (Lipinski definition) is 10. The quantitative estimate of drug-likeness (QED) is 0.234. The molecule has 0 spiro atoms. The highest BCUT2D eigenvalue weighted by Crippen LogP contribution is 2.29. The smallest absolute Gasteiger partial charge is 0.294 e. The number of non-ortho nitro benzene ring substituents is 1. The van der Waals surface area contributed by atoms with Gasteiger partial charge in [0, 0.05) is 23.3 Å². The Balaban J connectivity index is 1.73. The van der Waals surface area contributed by atoms with Crippen molar-refractivity contribution in [2.45, 2.75) is 0 Å². The first kappa shape index (κ1) is 21.9. The minimum absolute atomic E-state index is 0.0505. The highest BCUT2D eigenvalue weighted by molar-refractivity contribution is 6.43. The third-order valence-electron chi connectivity index (χ3n) is 4.26. The van der Waals surface area contributed by atoms with Crippen molar-refractivity contribution in [2.75, 3.05) is 5.73 Å². The second kappa shape index (κ2) is 9.02. The molecule has 0 unspecified atom stereocenters. The molecule has 0 aliphatic heterocycles. The maximum atomic E-state index is 12.8. The van der Waals surface area contributed by atoms with Gasteiger partial charge in [0.05, 0.1) is 21.2 Å². The highest BCUT2D eigenvalue weighted by Gasteiger charge is 2.26. The molecule has 0 fully saturated rings. The van der Waals surface area contributed by atoms with Crippen LogP contribution in [0.4, 0.5) is 11.5 Å². The average molecular weight is 488 g/mol. The molecule has 2 aromatic carbocycles. The lowest BCUT2D eigenvalue weighted by molar-refractivity contribution is -0.384. The van der Waals surface area contributed by atoms with Crippen LogP contribution in [0.1, 0.15) is 16.1 Å². The predicted octanol–water partition coefficient (Wildman–Crippen LogP) is 2.88. The van der Waals surface area contributed by atoms with Crippen LogP contribution in [0.15, 0.2) is 52.2 Å². The zero-order valence-corrected chi connectivity index (χ0v) is 17.7. The van der Waals surface area contributed by atoms with E-state index in [1.54, 1.807) is 18.2 Å². The molecule has 0 atom stereocenters. The van der Waals surface area contributed by atoms with Gasteiger partial charge in [-0.2, -0.15) is 9.78 Å². The van der Waals surface area contributed by atoms with Crippen LogP contribution in [0, 0.1) is 10.1 Å². The topological polar surface area (TPSA) is 180 Å². The van der Waals surface area contributed by atoms with Gasteiger partial charge in [0.25, 0.3) is 11.6 Å². The molecule has 1 amide bonds. The van der Waals surface area contributed by atoms with E-state index in [0.29, 0.717) is 10.6 Å². The molecule has 0 radical (unpaired) electrons. The number of amides is 1. The number of nitrogens with zero attached hydrogens (tertiary/aromatic N) is 7. The van der Waals surface area contributed by atoms with Crippen LogP contribution in [-0.4, -0.2) is 42.4 Å². The number of nitro benzene ring substituents is 1. The lowest BCUT2D eigenvalue weighted by Crippen LogP contribution is -2.19. The van der Waals surface area contributed by atoms with Crippen molar-refractivity contribution in [2.24, 2.45) is 5.10 Å². The van der Waals surface area contributed by atoms with Crippen LogP contribution < -0.4 is 11.2 Å². The Morgan fingerprint density at radius 2 is 2.03 bits per heavy atom. The van der Waals surface area contributed by atoms with Gasteiger partial charge in [0.1, 0.15) is 5.69 Å². The predicted molar refractivity (Wildman–Crippen MR) is 117 cm³/mol. The number of carbonyl (C=O) groups excluding carboxylic acids is 1. The number of nitrogen functional groups attached to an aromatic ring is 1. The zero-order valence-electron chi connectivity index (χ0n) is 16.2. The van der Waals surface area contributed by atoms with Crippen molar-refractivity contribution in [1.29, 1.82) is 0 Å². The van der Waals surface area contributed by atoms with Crippen LogP contribution >= 0.6 is 23.2 Å². The van der Waals surface area contributed by atoms with Crippen LogP contribution in [0.3, 0.4) is 0 Å². The maximum absolute atomic E-state index is 12.8. The molecule has 4 rings (SSSR count). The van der Waals surface area contributed by atoms with E-state index in [2.05, 4.69) is 35.8 Å². The van der Waals surface area contributed by atoms with Crippen LogP contribution in [0.5, 0.6) is 0 Å². The zero-order chi connectivity index (χ0) is 23.5. The second-order valence-corrected chi connectivity index (χ2v) is 7.11.